The van der Waals surface area contributed by atoms with E-state index in [9.17, 15) is 9.18 Å². The average Bonchev–Trinajstić information content (AvgIpc) is 2.41. The average molecular weight is 234 g/mol. The fourth-order valence-corrected chi connectivity index (χ4v) is 2.96. The van der Waals surface area contributed by atoms with E-state index in [0.29, 0.717) is 11.5 Å². The van der Waals surface area contributed by atoms with Crippen molar-refractivity contribution in [2.24, 2.45) is 5.92 Å². The second-order valence-corrected chi connectivity index (χ2v) is 4.91. The molecule has 0 spiro atoms. The summed E-state index contributed by atoms with van der Waals surface area (Å²) in [6.07, 6.45) is 6.71. The van der Waals surface area contributed by atoms with Crippen molar-refractivity contribution in [2.45, 2.75) is 38.0 Å². The third-order valence-electron chi connectivity index (χ3n) is 3.91. The van der Waals surface area contributed by atoms with Crippen LogP contribution in [0.4, 0.5) is 4.39 Å². The number of hydrogen-bond acceptors (Lipinski definition) is 1. The molecule has 1 unspecified atom stereocenters. The van der Waals surface area contributed by atoms with Gasteiger partial charge in [-0.1, -0.05) is 43.5 Å². The number of carbonyl (C=O) groups excluding carboxylic acids is 1. The molecular weight excluding hydrogens is 215 g/mol. The molecular formula is C15H19FO. The fraction of sp³-hybridized carbons (Fsp3) is 0.533. The molecule has 1 aliphatic rings. The van der Waals surface area contributed by atoms with Crippen LogP contribution in [-0.4, -0.2) is 13.0 Å². The van der Waals surface area contributed by atoms with Gasteiger partial charge in [0.15, 0.2) is 0 Å². The lowest BCUT2D eigenvalue weighted by Crippen LogP contribution is -2.19. The Hall–Kier alpha value is -1.18. The maximum absolute atomic E-state index is 13.3. The highest BCUT2D eigenvalue weighted by atomic mass is 19.1. The third-order valence-corrected chi connectivity index (χ3v) is 3.91. The molecule has 0 bridgehead atoms. The van der Waals surface area contributed by atoms with Gasteiger partial charge in [-0.3, -0.25) is 9.18 Å². The third kappa shape index (κ3) is 2.74. The molecule has 1 fully saturated rings. The molecule has 0 radical (unpaired) electrons. The lowest BCUT2D eigenvalue weighted by atomic mass is 9.76. The normalized spacial score (nSPS) is 18.9. The number of aldehydes is 1. The number of alkyl halides is 1. The second-order valence-electron chi connectivity index (χ2n) is 4.91. The van der Waals surface area contributed by atoms with Gasteiger partial charge >= 0.3 is 0 Å². The van der Waals surface area contributed by atoms with Crippen LogP contribution in [0.25, 0.3) is 0 Å². The molecule has 0 saturated heterocycles. The minimum atomic E-state index is -0.352. The van der Waals surface area contributed by atoms with E-state index >= 15 is 0 Å². The van der Waals surface area contributed by atoms with Gasteiger partial charge in [-0.2, -0.15) is 0 Å². The summed E-state index contributed by atoms with van der Waals surface area (Å²) in [6, 6.07) is 7.42. The van der Waals surface area contributed by atoms with Crippen molar-refractivity contribution >= 4 is 6.29 Å². The molecule has 0 amide bonds. The number of benzene rings is 1. The first kappa shape index (κ1) is 12.3. The SMILES string of the molecule is O=Cc1ccccc1C(CF)C1CCCCC1. The van der Waals surface area contributed by atoms with Gasteiger partial charge in [-0.25, -0.2) is 0 Å². The molecule has 2 rings (SSSR count). The highest BCUT2D eigenvalue weighted by Gasteiger charge is 2.26. The Bertz CT molecular complexity index is 369. The fourth-order valence-electron chi connectivity index (χ4n) is 2.96. The van der Waals surface area contributed by atoms with Crippen molar-refractivity contribution in [3.63, 3.8) is 0 Å². The first-order chi connectivity index (χ1) is 8.36. The summed E-state index contributed by atoms with van der Waals surface area (Å²) < 4.78 is 13.3. The number of carbonyl (C=O) groups is 1. The van der Waals surface area contributed by atoms with Gasteiger partial charge in [-0.15, -0.1) is 0 Å². The number of halogens is 1. The summed E-state index contributed by atoms with van der Waals surface area (Å²) >= 11 is 0. The monoisotopic (exact) mass is 234 g/mol. The molecule has 92 valence electrons. The quantitative estimate of drug-likeness (QED) is 0.716. The topological polar surface area (TPSA) is 17.1 Å². The molecule has 1 aromatic rings. The highest BCUT2D eigenvalue weighted by Crippen LogP contribution is 2.37. The zero-order valence-electron chi connectivity index (χ0n) is 10.1. The van der Waals surface area contributed by atoms with Crippen molar-refractivity contribution in [3.8, 4) is 0 Å². The first-order valence-electron chi connectivity index (χ1n) is 6.47. The van der Waals surface area contributed by atoms with Crippen LogP contribution in [0.1, 0.15) is 53.9 Å². The Labute approximate surface area is 102 Å². The van der Waals surface area contributed by atoms with Crippen molar-refractivity contribution in [1.29, 1.82) is 0 Å². The molecule has 1 nitrogen and oxygen atoms in total. The Morgan fingerprint density at radius 2 is 1.94 bits per heavy atom. The van der Waals surface area contributed by atoms with Gasteiger partial charge in [0.25, 0.3) is 0 Å². The van der Waals surface area contributed by atoms with Gasteiger partial charge in [0.05, 0.1) is 6.67 Å². The molecule has 17 heavy (non-hydrogen) atoms. The second kappa shape index (κ2) is 5.95. The predicted octanol–water partition coefficient (Wildman–Crippen LogP) is 4.13. The van der Waals surface area contributed by atoms with Crippen molar-refractivity contribution in [2.75, 3.05) is 6.67 Å². The summed E-state index contributed by atoms with van der Waals surface area (Å²) in [7, 11) is 0. The maximum Gasteiger partial charge on any atom is 0.150 e. The highest BCUT2D eigenvalue weighted by molar-refractivity contribution is 5.77. The van der Waals surface area contributed by atoms with E-state index in [1.165, 1.54) is 19.3 Å². The van der Waals surface area contributed by atoms with Gasteiger partial charge in [-0.05, 0) is 24.3 Å². The summed E-state index contributed by atoms with van der Waals surface area (Å²) in [5.41, 5.74) is 1.55. The summed E-state index contributed by atoms with van der Waals surface area (Å²) in [4.78, 5) is 11.0. The Kier molecular flexibility index (Phi) is 4.29. The lowest BCUT2D eigenvalue weighted by Gasteiger charge is -2.29. The molecule has 2 heteroatoms. The van der Waals surface area contributed by atoms with Crippen LogP contribution in [0.2, 0.25) is 0 Å². The molecule has 1 aliphatic carbocycles. The van der Waals surface area contributed by atoms with Gasteiger partial charge in [0, 0.05) is 11.5 Å². The van der Waals surface area contributed by atoms with E-state index in [4.69, 9.17) is 0 Å². The molecule has 1 saturated carbocycles. The van der Waals surface area contributed by atoms with Crippen molar-refractivity contribution < 1.29 is 9.18 Å². The standard InChI is InChI=1S/C15H19FO/c16-10-15(12-6-2-1-3-7-12)14-9-5-4-8-13(14)11-17/h4-5,8-9,11-12,15H,1-3,6-7,10H2. The van der Waals surface area contributed by atoms with Crippen LogP contribution in [0.3, 0.4) is 0 Å². The minimum absolute atomic E-state index is 0.0864. The van der Waals surface area contributed by atoms with E-state index < -0.39 is 0 Å². The van der Waals surface area contributed by atoms with Crippen LogP contribution in [0.15, 0.2) is 24.3 Å². The Morgan fingerprint density at radius 3 is 2.59 bits per heavy atom. The smallest absolute Gasteiger partial charge is 0.150 e. The molecule has 0 aliphatic heterocycles. The molecule has 0 aromatic heterocycles. The van der Waals surface area contributed by atoms with Crippen LogP contribution in [0.5, 0.6) is 0 Å². The zero-order chi connectivity index (χ0) is 12.1. The van der Waals surface area contributed by atoms with Crippen LogP contribution in [-0.2, 0) is 0 Å². The van der Waals surface area contributed by atoms with Gasteiger partial charge in [0.2, 0.25) is 0 Å². The van der Waals surface area contributed by atoms with Gasteiger partial charge in [0.1, 0.15) is 6.29 Å². The lowest BCUT2D eigenvalue weighted by molar-refractivity contribution is 0.112. The molecule has 0 heterocycles. The van der Waals surface area contributed by atoms with Gasteiger partial charge < -0.3 is 0 Å². The van der Waals surface area contributed by atoms with E-state index in [1.54, 1.807) is 6.07 Å². The zero-order valence-corrected chi connectivity index (χ0v) is 10.1. The molecule has 1 atom stereocenters. The molecule has 1 aromatic carbocycles. The summed E-state index contributed by atoms with van der Waals surface area (Å²) in [5, 5.41) is 0. The van der Waals surface area contributed by atoms with E-state index in [2.05, 4.69) is 0 Å². The maximum atomic E-state index is 13.3. The van der Waals surface area contributed by atoms with E-state index in [0.717, 1.165) is 24.7 Å². The Balaban J connectivity index is 2.24. The largest absolute Gasteiger partial charge is 0.298 e. The summed E-state index contributed by atoms with van der Waals surface area (Å²) in [6.45, 7) is -0.352. The van der Waals surface area contributed by atoms with Crippen molar-refractivity contribution in [1.82, 2.24) is 0 Å². The van der Waals surface area contributed by atoms with E-state index in [-0.39, 0.29) is 12.6 Å². The Morgan fingerprint density at radius 1 is 1.24 bits per heavy atom. The number of hydrogen-bond donors (Lipinski definition) is 0. The van der Waals surface area contributed by atoms with Crippen LogP contribution >= 0.6 is 0 Å². The first-order valence-corrected chi connectivity index (χ1v) is 6.47. The predicted molar refractivity (Wildman–Crippen MR) is 67.1 cm³/mol. The van der Waals surface area contributed by atoms with E-state index in [1.807, 2.05) is 18.2 Å². The number of rotatable bonds is 4. The summed E-state index contributed by atoms with van der Waals surface area (Å²) in [5.74, 6) is 0.326. The van der Waals surface area contributed by atoms with Crippen LogP contribution in [0, 0.1) is 5.92 Å². The van der Waals surface area contributed by atoms with Crippen LogP contribution < -0.4 is 0 Å². The minimum Gasteiger partial charge on any atom is -0.298 e. The van der Waals surface area contributed by atoms with Crippen molar-refractivity contribution in [3.05, 3.63) is 35.4 Å². The molecule has 0 N–H and O–H groups in total.